The first-order chi connectivity index (χ1) is 25.2. The minimum absolute atomic E-state index is 0.0419. The maximum absolute atomic E-state index is 10.3. The van der Waals surface area contributed by atoms with Crippen molar-refractivity contribution in [3.63, 3.8) is 0 Å². The van der Waals surface area contributed by atoms with Crippen molar-refractivity contribution >= 4 is 23.5 Å². The minimum Gasteiger partial charge on any atom is -0.334 e. The lowest BCUT2D eigenvalue weighted by molar-refractivity contribution is 0.696. The summed E-state index contributed by atoms with van der Waals surface area (Å²) in [5, 5.41) is 29.0. The van der Waals surface area contributed by atoms with Crippen molar-refractivity contribution < 1.29 is 0 Å². The number of hydrogen-bond donors (Lipinski definition) is 0. The highest BCUT2D eigenvalue weighted by Gasteiger charge is 2.35. The molecule has 0 saturated heterocycles. The van der Waals surface area contributed by atoms with Crippen molar-refractivity contribution in [2.75, 3.05) is 4.90 Å². The van der Waals surface area contributed by atoms with Crippen LogP contribution in [0, 0.1) is 47.8 Å². The molecule has 0 aliphatic carbocycles. The molecule has 0 amide bonds. The average Bonchev–Trinajstić information content (AvgIpc) is 3.59. The fourth-order valence-electron chi connectivity index (χ4n) is 7.31. The molecule has 0 fully saturated rings. The number of para-hydroxylation sites is 2. The Morgan fingerprint density at radius 3 is 2.04 bits per heavy atom. The first-order valence-electron chi connectivity index (χ1n) is 17.2. The zero-order chi connectivity index (χ0) is 36.9. The van der Waals surface area contributed by atoms with Crippen LogP contribution in [0.25, 0.3) is 40.1 Å². The molecule has 4 aromatic carbocycles. The van der Waals surface area contributed by atoms with Gasteiger partial charge in [0.05, 0.1) is 35.5 Å². The standard InChI is InChI=1S/C47H39N5/c1-7-13-41-34(5)51(35(6)42(41)24-20-31(2)28-48)47-19-11-9-17-43(47)36-14-12-15-37(26-36)44-27-39(23-22-38(44)30-50)52-45(25-21-32(3)29-49)33(4)40-16-8-10-18-46(40)52/h7-27,33,45H,2-3H2,1,4-6H3/b13-7-,24-20-,25-21-. The summed E-state index contributed by atoms with van der Waals surface area (Å²) in [5.74, 6) is 0.174. The van der Waals surface area contributed by atoms with Gasteiger partial charge in [-0.25, -0.2) is 0 Å². The number of hydrogen-bond acceptors (Lipinski definition) is 4. The van der Waals surface area contributed by atoms with E-state index in [9.17, 15) is 15.8 Å². The Morgan fingerprint density at radius 1 is 0.712 bits per heavy atom. The highest BCUT2D eigenvalue weighted by molar-refractivity contribution is 5.84. The van der Waals surface area contributed by atoms with Gasteiger partial charge in [0.25, 0.3) is 0 Å². The highest BCUT2D eigenvalue weighted by Crippen LogP contribution is 2.47. The summed E-state index contributed by atoms with van der Waals surface area (Å²) in [6.45, 7) is 16.1. The van der Waals surface area contributed by atoms with Gasteiger partial charge in [-0.3, -0.25) is 0 Å². The van der Waals surface area contributed by atoms with Crippen molar-refractivity contribution in [2.24, 2.45) is 0 Å². The summed E-state index contributed by atoms with van der Waals surface area (Å²) < 4.78 is 2.27. The Bertz CT molecular complexity index is 2450. The van der Waals surface area contributed by atoms with E-state index in [4.69, 9.17) is 0 Å². The topological polar surface area (TPSA) is 79.5 Å². The third-order valence-corrected chi connectivity index (χ3v) is 9.84. The van der Waals surface area contributed by atoms with Gasteiger partial charge in [0.2, 0.25) is 0 Å². The molecule has 1 aromatic heterocycles. The van der Waals surface area contributed by atoms with E-state index in [1.54, 1.807) is 12.2 Å². The molecule has 2 heterocycles. The molecule has 0 spiro atoms. The van der Waals surface area contributed by atoms with Crippen molar-refractivity contribution in [2.45, 2.75) is 39.7 Å². The van der Waals surface area contributed by atoms with E-state index >= 15 is 0 Å². The first kappa shape index (κ1) is 35.0. The fraction of sp³-hybridized carbons (Fsp3) is 0.128. The van der Waals surface area contributed by atoms with Gasteiger partial charge in [-0.1, -0.05) is 99.0 Å². The van der Waals surface area contributed by atoms with Crippen molar-refractivity contribution in [1.29, 1.82) is 15.8 Å². The van der Waals surface area contributed by atoms with E-state index in [0.717, 1.165) is 61.8 Å². The van der Waals surface area contributed by atoms with Gasteiger partial charge >= 0.3 is 0 Å². The third kappa shape index (κ3) is 6.43. The molecule has 5 nitrogen and oxygen atoms in total. The van der Waals surface area contributed by atoms with Crippen molar-refractivity contribution in [1.82, 2.24) is 4.57 Å². The Balaban J connectivity index is 1.48. The van der Waals surface area contributed by atoms with Crippen LogP contribution in [0.5, 0.6) is 0 Å². The SMILES string of the molecule is C=C(C#N)/C=C\c1c(/C=C\C)c(C)n(-c2ccccc2-c2cccc(-c3cc(N4c5ccccc5C(C)C4/C=C\C(=C)C#N)ccc3C#N)c2)c1C. The number of nitriles is 3. The number of benzene rings is 4. The molecule has 52 heavy (non-hydrogen) atoms. The Morgan fingerprint density at radius 2 is 1.35 bits per heavy atom. The smallest absolute Gasteiger partial charge is 0.0998 e. The number of allylic oxidation sites excluding steroid dienone is 5. The molecule has 2 atom stereocenters. The molecule has 1 aliphatic heterocycles. The largest absolute Gasteiger partial charge is 0.334 e. The first-order valence-corrected chi connectivity index (χ1v) is 17.2. The minimum atomic E-state index is -0.0419. The molecule has 1 aliphatic rings. The Hall–Kier alpha value is -6.87. The Labute approximate surface area is 306 Å². The van der Waals surface area contributed by atoms with Crippen LogP contribution in [0.4, 0.5) is 11.4 Å². The summed E-state index contributed by atoms with van der Waals surface area (Å²) in [6, 6.07) is 37.8. The number of aromatic nitrogens is 1. The number of rotatable bonds is 9. The Kier molecular flexibility index (Phi) is 10.0. The van der Waals surface area contributed by atoms with Gasteiger partial charge in [0, 0.05) is 62.1 Å². The van der Waals surface area contributed by atoms with Crippen LogP contribution in [0.2, 0.25) is 0 Å². The van der Waals surface area contributed by atoms with Crippen molar-refractivity contribution in [3.8, 4) is 46.1 Å². The lowest BCUT2D eigenvalue weighted by atomic mass is 9.94. The van der Waals surface area contributed by atoms with Gasteiger partial charge < -0.3 is 9.47 Å². The van der Waals surface area contributed by atoms with E-state index < -0.39 is 0 Å². The van der Waals surface area contributed by atoms with Crippen LogP contribution in [-0.4, -0.2) is 10.6 Å². The second kappa shape index (κ2) is 14.9. The summed E-state index contributed by atoms with van der Waals surface area (Å²) in [7, 11) is 0. The second-order valence-corrected chi connectivity index (χ2v) is 12.9. The molecule has 5 aromatic rings. The summed E-state index contributed by atoms with van der Waals surface area (Å²) in [5.41, 5.74) is 13.8. The second-order valence-electron chi connectivity index (χ2n) is 12.9. The highest BCUT2D eigenvalue weighted by atomic mass is 15.2. The normalized spacial score (nSPS) is 15.1. The van der Waals surface area contributed by atoms with Gasteiger partial charge in [-0.2, -0.15) is 15.8 Å². The molecule has 2 unspecified atom stereocenters. The lowest BCUT2D eigenvalue weighted by Crippen LogP contribution is -2.27. The van der Waals surface area contributed by atoms with Crippen LogP contribution in [0.1, 0.15) is 53.4 Å². The van der Waals surface area contributed by atoms with Crippen LogP contribution >= 0.6 is 0 Å². The zero-order valence-electron chi connectivity index (χ0n) is 29.9. The molecule has 6 rings (SSSR count). The molecule has 0 N–H and O–H groups in total. The summed E-state index contributed by atoms with van der Waals surface area (Å²) in [6.07, 6.45) is 11.7. The number of nitrogens with zero attached hydrogens (tertiary/aromatic N) is 5. The van der Waals surface area contributed by atoms with Crippen LogP contribution in [-0.2, 0) is 0 Å². The van der Waals surface area contributed by atoms with E-state index in [1.165, 1.54) is 5.56 Å². The summed E-state index contributed by atoms with van der Waals surface area (Å²) >= 11 is 0. The maximum Gasteiger partial charge on any atom is 0.0998 e. The quantitative estimate of drug-likeness (QED) is 0.115. The molecule has 252 valence electrons. The number of fused-ring (bicyclic) bond motifs is 1. The van der Waals surface area contributed by atoms with Crippen LogP contribution < -0.4 is 4.90 Å². The average molecular weight is 674 g/mol. The molecule has 0 saturated carbocycles. The van der Waals surface area contributed by atoms with E-state index in [-0.39, 0.29) is 12.0 Å². The third-order valence-electron chi connectivity index (χ3n) is 9.84. The zero-order valence-corrected chi connectivity index (χ0v) is 29.9. The molecular weight excluding hydrogens is 635 g/mol. The molecule has 0 radical (unpaired) electrons. The number of anilines is 2. The van der Waals surface area contributed by atoms with E-state index in [1.807, 2.05) is 55.5 Å². The van der Waals surface area contributed by atoms with E-state index in [2.05, 4.69) is 128 Å². The maximum atomic E-state index is 10.3. The van der Waals surface area contributed by atoms with E-state index in [0.29, 0.717) is 16.7 Å². The van der Waals surface area contributed by atoms with Crippen LogP contribution in [0.3, 0.4) is 0 Å². The predicted molar refractivity (Wildman–Crippen MR) is 214 cm³/mol. The van der Waals surface area contributed by atoms with Gasteiger partial charge in [0.15, 0.2) is 0 Å². The van der Waals surface area contributed by atoms with Crippen molar-refractivity contribution in [3.05, 3.63) is 173 Å². The molecule has 5 heteroatoms. The van der Waals surface area contributed by atoms with Crippen LogP contribution in [0.15, 0.2) is 140 Å². The summed E-state index contributed by atoms with van der Waals surface area (Å²) in [4.78, 5) is 2.29. The van der Waals surface area contributed by atoms with Gasteiger partial charge in [-0.05, 0) is 86.0 Å². The van der Waals surface area contributed by atoms with Gasteiger partial charge in [-0.15, -0.1) is 0 Å². The molecule has 0 bridgehead atoms. The van der Waals surface area contributed by atoms with Gasteiger partial charge in [0.1, 0.15) is 0 Å². The predicted octanol–water partition coefficient (Wildman–Crippen LogP) is 11.7. The lowest BCUT2D eigenvalue weighted by Gasteiger charge is -2.28. The fourth-order valence-corrected chi connectivity index (χ4v) is 7.31. The molecular formula is C47H39N5. The monoisotopic (exact) mass is 673 g/mol.